The van der Waals surface area contributed by atoms with Gasteiger partial charge in [0.1, 0.15) is 0 Å². The summed E-state index contributed by atoms with van der Waals surface area (Å²) < 4.78 is 11.3. The molecule has 0 bridgehead atoms. The van der Waals surface area contributed by atoms with Gasteiger partial charge in [0.25, 0.3) is 0 Å². The van der Waals surface area contributed by atoms with E-state index in [2.05, 4.69) is 21.1 Å². The summed E-state index contributed by atoms with van der Waals surface area (Å²) in [5, 5.41) is 11.7. The Kier molecular flexibility index (Phi) is 6.40. The Balaban J connectivity index is 2.19. The van der Waals surface area contributed by atoms with Crippen molar-refractivity contribution in [2.75, 3.05) is 7.11 Å². The molecule has 2 rings (SSSR count). The maximum Gasteiger partial charge on any atom is 0.336 e. The number of ether oxygens (including phenoxy) is 2. The van der Waals surface area contributed by atoms with Gasteiger partial charge >= 0.3 is 5.97 Å². The number of oxime groups is 1. The van der Waals surface area contributed by atoms with Crippen LogP contribution in [-0.4, -0.2) is 24.5 Å². The van der Waals surface area contributed by atoms with Crippen molar-refractivity contribution in [3.63, 3.8) is 0 Å². The molecule has 24 heavy (non-hydrogen) atoms. The van der Waals surface area contributed by atoms with E-state index in [0.717, 1.165) is 10.0 Å². The van der Waals surface area contributed by atoms with Gasteiger partial charge in [0.05, 0.1) is 18.3 Å². The van der Waals surface area contributed by atoms with E-state index in [4.69, 9.17) is 26.3 Å². The number of hydrogen-bond donors (Lipinski definition) is 1. The molecule has 0 aliphatic rings. The van der Waals surface area contributed by atoms with E-state index in [1.54, 1.807) is 6.08 Å². The average molecular weight is 411 g/mol. The summed E-state index contributed by atoms with van der Waals surface area (Å²) in [6, 6.07) is 10.5. The summed E-state index contributed by atoms with van der Waals surface area (Å²) in [5.41, 5.74) is 1.35. The molecular weight excluding hydrogens is 398 g/mol. The summed E-state index contributed by atoms with van der Waals surface area (Å²) in [4.78, 5) is 12.0. The van der Waals surface area contributed by atoms with Gasteiger partial charge in [0.2, 0.25) is 0 Å². The van der Waals surface area contributed by atoms with Crippen LogP contribution < -0.4 is 9.47 Å². The second kappa shape index (κ2) is 8.52. The van der Waals surface area contributed by atoms with Crippen LogP contribution in [-0.2, 0) is 4.79 Å². The van der Waals surface area contributed by atoms with Crippen molar-refractivity contribution >= 4 is 45.8 Å². The van der Waals surface area contributed by atoms with Crippen LogP contribution in [0, 0.1) is 0 Å². The minimum atomic E-state index is -0.598. The molecule has 5 nitrogen and oxygen atoms in total. The number of methoxy groups -OCH3 is 1. The molecule has 0 atom stereocenters. The van der Waals surface area contributed by atoms with Gasteiger partial charge in [-0.05, 0) is 35.9 Å². The zero-order valence-corrected chi connectivity index (χ0v) is 14.9. The molecule has 0 aliphatic heterocycles. The molecule has 1 N–H and O–H groups in total. The summed E-state index contributed by atoms with van der Waals surface area (Å²) in [6.07, 6.45) is 4.11. The van der Waals surface area contributed by atoms with Gasteiger partial charge in [-0.15, -0.1) is 0 Å². The Hall–Kier alpha value is -2.31. The van der Waals surface area contributed by atoms with Gasteiger partial charge in [-0.25, -0.2) is 4.79 Å². The number of benzene rings is 2. The normalized spacial score (nSPS) is 11.1. The molecule has 2 aromatic carbocycles. The zero-order chi connectivity index (χ0) is 17.5. The molecule has 0 saturated carbocycles. The largest absolute Gasteiger partial charge is 0.493 e. The summed E-state index contributed by atoms with van der Waals surface area (Å²) >= 11 is 9.46. The highest BCUT2D eigenvalue weighted by atomic mass is 79.9. The van der Waals surface area contributed by atoms with E-state index in [-0.39, 0.29) is 16.5 Å². The molecule has 2 aromatic rings. The molecule has 0 spiro atoms. The lowest BCUT2D eigenvalue weighted by molar-refractivity contribution is -0.129. The fourth-order valence-electron chi connectivity index (χ4n) is 1.89. The van der Waals surface area contributed by atoms with E-state index in [1.807, 2.05) is 24.3 Å². The zero-order valence-electron chi connectivity index (χ0n) is 12.6. The van der Waals surface area contributed by atoms with E-state index >= 15 is 0 Å². The molecule has 0 unspecified atom stereocenters. The number of hydrogen-bond acceptors (Lipinski definition) is 5. The maximum atomic E-state index is 12.0. The molecule has 0 saturated heterocycles. The number of rotatable bonds is 5. The van der Waals surface area contributed by atoms with Crippen molar-refractivity contribution in [1.82, 2.24) is 0 Å². The van der Waals surface area contributed by atoms with Gasteiger partial charge < -0.3 is 14.7 Å². The standard InChI is InChI=1S/C17H13BrClNO4/c1-23-15-9-12(10-20-22)8-14(19)17(15)24-16(21)6-5-11-3-2-4-13(18)7-11/h2-10,22H,1H3/b6-5+,20-10+. The van der Waals surface area contributed by atoms with Gasteiger partial charge in [-0.1, -0.05) is 44.8 Å². The fourth-order valence-corrected chi connectivity index (χ4v) is 2.56. The Morgan fingerprint density at radius 2 is 2.08 bits per heavy atom. The molecule has 124 valence electrons. The minimum absolute atomic E-state index is 0.0955. The first-order chi connectivity index (χ1) is 11.5. The molecule has 0 radical (unpaired) electrons. The Bertz CT molecular complexity index is 805. The van der Waals surface area contributed by atoms with Crippen molar-refractivity contribution in [3.05, 3.63) is 63.1 Å². The number of carbonyl (C=O) groups excluding carboxylic acids is 1. The van der Waals surface area contributed by atoms with E-state index in [0.29, 0.717) is 5.56 Å². The van der Waals surface area contributed by atoms with Gasteiger partial charge in [-0.2, -0.15) is 0 Å². The molecule has 0 amide bonds. The third-order valence-electron chi connectivity index (χ3n) is 2.92. The molecule has 0 aromatic heterocycles. The Morgan fingerprint density at radius 1 is 1.29 bits per heavy atom. The first kappa shape index (κ1) is 18.0. The van der Waals surface area contributed by atoms with Crippen molar-refractivity contribution in [1.29, 1.82) is 0 Å². The summed E-state index contributed by atoms with van der Waals surface area (Å²) in [6.45, 7) is 0. The third-order valence-corrected chi connectivity index (χ3v) is 3.70. The predicted molar refractivity (Wildman–Crippen MR) is 96.2 cm³/mol. The lowest BCUT2D eigenvalue weighted by Gasteiger charge is -2.10. The first-order valence-electron chi connectivity index (χ1n) is 6.74. The number of nitrogens with zero attached hydrogens (tertiary/aromatic N) is 1. The summed E-state index contributed by atoms with van der Waals surface area (Å²) in [7, 11) is 1.42. The van der Waals surface area contributed by atoms with Crippen LogP contribution in [0.2, 0.25) is 5.02 Å². The van der Waals surface area contributed by atoms with Crippen LogP contribution in [0.25, 0.3) is 6.08 Å². The smallest absolute Gasteiger partial charge is 0.336 e. The highest BCUT2D eigenvalue weighted by Gasteiger charge is 2.14. The summed E-state index contributed by atoms with van der Waals surface area (Å²) in [5.74, 6) is -0.251. The van der Waals surface area contributed by atoms with Crippen molar-refractivity contribution in [2.24, 2.45) is 5.16 Å². The molecule has 0 fully saturated rings. The van der Waals surface area contributed by atoms with Crippen LogP contribution in [0.1, 0.15) is 11.1 Å². The SMILES string of the molecule is COc1cc(/C=N/O)cc(Cl)c1OC(=O)/C=C/c1cccc(Br)c1. The van der Waals surface area contributed by atoms with Crippen molar-refractivity contribution < 1.29 is 19.5 Å². The number of esters is 1. The van der Waals surface area contributed by atoms with E-state index in [9.17, 15) is 4.79 Å². The quantitative estimate of drug-likeness (QED) is 0.196. The second-order valence-electron chi connectivity index (χ2n) is 4.59. The highest BCUT2D eigenvalue weighted by molar-refractivity contribution is 9.10. The van der Waals surface area contributed by atoms with E-state index < -0.39 is 5.97 Å². The van der Waals surface area contributed by atoms with Crippen LogP contribution in [0.3, 0.4) is 0 Å². The predicted octanol–water partition coefficient (Wildman–Crippen LogP) is 4.54. The van der Waals surface area contributed by atoms with Crippen molar-refractivity contribution in [2.45, 2.75) is 0 Å². The highest BCUT2D eigenvalue weighted by Crippen LogP contribution is 2.36. The Morgan fingerprint density at radius 3 is 2.75 bits per heavy atom. The molecule has 0 aliphatic carbocycles. The minimum Gasteiger partial charge on any atom is -0.493 e. The van der Waals surface area contributed by atoms with Gasteiger partial charge in [0.15, 0.2) is 11.5 Å². The van der Waals surface area contributed by atoms with Crippen molar-refractivity contribution in [3.8, 4) is 11.5 Å². The average Bonchev–Trinajstić information content (AvgIpc) is 2.55. The first-order valence-corrected chi connectivity index (χ1v) is 7.91. The third kappa shape index (κ3) is 4.84. The van der Waals surface area contributed by atoms with Crippen LogP contribution in [0.5, 0.6) is 11.5 Å². The number of carbonyl (C=O) groups is 1. The number of halogens is 2. The van der Waals surface area contributed by atoms with Crippen LogP contribution >= 0.6 is 27.5 Å². The monoisotopic (exact) mass is 409 g/mol. The Labute approximate surface area is 152 Å². The van der Waals surface area contributed by atoms with Crippen LogP contribution in [0.15, 0.2) is 52.1 Å². The van der Waals surface area contributed by atoms with E-state index in [1.165, 1.54) is 31.5 Å². The molecular formula is C17H13BrClNO4. The topological polar surface area (TPSA) is 68.1 Å². The van der Waals surface area contributed by atoms with Gasteiger partial charge in [-0.3, -0.25) is 0 Å². The molecule has 7 heteroatoms. The van der Waals surface area contributed by atoms with Gasteiger partial charge in [0, 0.05) is 16.1 Å². The maximum absolute atomic E-state index is 12.0. The van der Waals surface area contributed by atoms with Crippen LogP contribution in [0.4, 0.5) is 0 Å². The fraction of sp³-hybridized carbons (Fsp3) is 0.0588. The lowest BCUT2D eigenvalue weighted by atomic mass is 10.2. The molecule has 0 heterocycles. The second-order valence-corrected chi connectivity index (χ2v) is 5.91. The lowest BCUT2D eigenvalue weighted by Crippen LogP contribution is -2.06.